The van der Waals surface area contributed by atoms with Crippen molar-refractivity contribution in [2.75, 3.05) is 23.9 Å². The van der Waals surface area contributed by atoms with E-state index in [1.165, 1.54) is 4.90 Å². The van der Waals surface area contributed by atoms with Gasteiger partial charge in [-0.15, -0.1) is 18.0 Å². The third kappa shape index (κ3) is 4.51. The van der Waals surface area contributed by atoms with Crippen molar-refractivity contribution in [2.24, 2.45) is 0 Å². The molecular formula is C12H18ClNO3S. The number of hydrogen-bond donors (Lipinski definition) is 0. The summed E-state index contributed by atoms with van der Waals surface area (Å²) in [5, 5.41) is 0. The van der Waals surface area contributed by atoms with Crippen molar-refractivity contribution < 1.29 is 13.2 Å². The summed E-state index contributed by atoms with van der Waals surface area (Å²) < 4.78 is 22.9. The van der Waals surface area contributed by atoms with Crippen LogP contribution in [0.5, 0.6) is 0 Å². The Labute approximate surface area is 114 Å². The number of hydrogen-bond acceptors (Lipinski definition) is 3. The number of rotatable bonds is 6. The average Bonchev–Trinajstić information content (AvgIpc) is 2.66. The van der Waals surface area contributed by atoms with E-state index in [2.05, 4.69) is 5.92 Å². The molecule has 18 heavy (non-hydrogen) atoms. The van der Waals surface area contributed by atoms with Gasteiger partial charge in [0.2, 0.25) is 5.91 Å². The van der Waals surface area contributed by atoms with Crippen LogP contribution in [0.3, 0.4) is 0 Å². The minimum atomic E-state index is -3.00. The highest BCUT2D eigenvalue weighted by atomic mass is 35.5. The smallest absolute Gasteiger partial charge is 0.223 e. The maximum absolute atomic E-state index is 12.0. The lowest BCUT2D eigenvalue weighted by atomic mass is 10.1. The van der Waals surface area contributed by atoms with E-state index in [-0.39, 0.29) is 30.0 Å². The lowest BCUT2D eigenvalue weighted by Gasteiger charge is -2.26. The molecule has 1 heterocycles. The third-order valence-corrected chi connectivity index (χ3v) is 5.02. The molecule has 4 nitrogen and oxygen atoms in total. The topological polar surface area (TPSA) is 54.5 Å². The zero-order valence-electron chi connectivity index (χ0n) is 10.3. The molecule has 0 spiro atoms. The number of sulfone groups is 1. The quantitative estimate of drug-likeness (QED) is 0.417. The van der Waals surface area contributed by atoms with Gasteiger partial charge in [-0.1, -0.05) is 5.92 Å². The number of carbonyl (C=O) groups excluding carboxylic acids is 1. The Bertz CT molecular complexity index is 427. The molecule has 102 valence electrons. The molecule has 0 aromatic rings. The van der Waals surface area contributed by atoms with Crippen molar-refractivity contribution in [3.8, 4) is 12.3 Å². The molecule has 0 N–H and O–H groups in total. The molecule has 0 saturated carbocycles. The molecule has 0 aromatic heterocycles. The summed E-state index contributed by atoms with van der Waals surface area (Å²) in [5.41, 5.74) is 0. The number of alkyl halides is 1. The van der Waals surface area contributed by atoms with E-state index in [0.717, 1.165) is 6.42 Å². The van der Waals surface area contributed by atoms with E-state index in [0.29, 0.717) is 25.1 Å². The lowest BCUT2D eigenvalue weighted by molar-refractivity contribution is -0.132. The largest absolute Gasteiger partial charge is 0.328 e. The van der Waals surface area contributed by atoms with Crippen LogP contribution < -0.4 is 0 Å². The standard InChI is InChI=1S/C12H18ClNO3S/c1-2-8-14(12(15)5-3-4-7-13)11-6-9-18(16,17)10-11/h1,11H,3-10H2. The molecule has 6 heteroatoms. The zero-order valence-corrected chi connectivity index (χ0v) is 11.8. The molecule has 1 amide bonds. The zero-order chi connectivity index (χ0) is 13.6. The Morgan fingerprint density at radius 2 is 2.17 bits per heavy atom. The summed E-state index contributed by atoms with van der Waals surface area (Å²) in [6.45, 7) is 0.180. The first-order chi connectivity index (χ1) is 8.50. The summed E-state index contributed by atoms with van der Waals surface area (Å²) >= 11 is 5.55. The van der Waals surface area contributed by atoms with E-state index in [4.69, 9.17) is 18.0 Å². The van der Waals surface area contributed by atoms with Crippen LogP contribution in [-0.4, -0.2) is 49.2 Å². The molecule has 1 fully saturated rings. The molecule has 0 aliphatic carbocycles. The first-order valence-corrected chi connectivity index (χ1v) is 8.35. The number of amides is 1. The SMILES string of the molecule is C#CCN(C(=O)CCCCCl)C1CCS(=O)(=O)C1. The lowest BCUT2D eigenvalue weighted by Crippen LogP contribution is -2.41. The molecule has 1 rings (SSSR count). The Kier molecular flexibility index (Phi) is 5.97. The molecule has 1 atom stereocenters. The third-order valence-electron chi connectivity index (χ3n) is 3.01. The summed E-state index contributed by atoms with van der Waals surface area (Å²) in [7, 11) is -3.00. The summed E-state index contributed by atoms with van der Waals surface area (Å²) in [5.74, 6) is 3.07. The maximum atomic E-state index is 12.0. The van der Waals surface area contributed by atoms with E-state index in [1.807, 2.05) is 0 Å². The van der Waals surface area contributed by atoms with E-state index in [1.54, 1.807) is 0 Å². The van der Waals surface area contributed by atoms with Gasteiger partial charge in [-0.2, -0.15) is 0 Å². The molecule has 1 saturated heterocycles. The summed E-state index contributed by atoms with van der Waals surface area (Å²) in [4.78, 5) is 13.5. The molecule has 1 unspecified atom stereocenters. The van der Waals surface area contributed by atoms with Crippen LogP contribution in [0, 0.1) is 12.3 Å². The van der Waals surface area contributed by atoms with Gasteiger partial charge in [-0.05, 0) is 19.3 Å². The number of carbonyl (C=O) groups is 1. The van der Waals surface area contributed by atoms with Gasteiger partial charge in [0.1, 0.15) is 0 Å². The highest BCUT2D eigenvalue weighted by Gasteiger charge is 2.33. The Morgan fingerprint density at radius 1 is 1.44 bits per heavy atom. The van der Waals surface area contributed by atoms with Crippen LogP contribution in [0.4, 0.5) is 0 Å². The van der Waals surface area contributed by atoms with E-state index >= 15 is 0 Å². The maximum Gasteiger partial charge on any atom is 0.223 e. The van der Waals surface area contributed by atoms with Crippen molar-refractivity contribution in [1.82, 2.24) is 4.90 Å². The van der Waals surface area contributed by atoms with Gasteiger partial charge in [-0.3, -0.25) is 4.79 Å². The Morgan fingerprint density at radius 3 is 2.67 bits per heavy atom. The fourth-order valence-electron chi connectivity index (χ4n) is 2.05. The Balaban J connectivity index is 2.60. The second-order valence-corrected chi connectivity index (χ2v) is 7.04. The van der Waals surface area contributed by atoms with Crippen molar-refractivity contribution >= 4 is 27.3 Å². The number of terminal acetylenes is 1. The normalized spacial score (nSPS) is 21.4. The summed E-state index contributed by atoms with van der Waals surface area (Å²) in [6, 6.07) is -0.255. The summed E-state index contributed by atoms with van der Waals surface area (Å²) in [6.07, 6.45) is 7.60. The van der Waals surface area contributed by atoms with Crippen LogP contribution in [0.2, 0.25) is 0 Å². The van der Waals surface area contributed by atoms with Crippen molar-refractivity contribution in [1.29, 1.82) is 0 Å². The Hall–Kier alpha value is -0.730. The molecule has 1 aliphatic rings. The number of unbranched alkanes of at least 4 members (excludes halogenated alkanes) is 1. The van der Waals surface area contributed by atoms with Crippen LogP contribution in [0.1, 0.15) is 25.7 Å². The molecule has 0 bridgehead atoms. The average molecular weight is 292 g/mol. The predicted octanol–water partition coefficient (Wildman–Crippen LogP) is 1.04. The minimum Gasteiger partial charge on any atom is -0.328 e. The van der Waals surface area contributed by atoms with Gasteiger partial charge in [0, 0.05) is 18.3 Å². The van der Waals surface area contributed by atoms with E-state index < -0.39 is 9.84 Å². The molecule has 1 aliphatic heterocycles. The van der Waals surface area contributed by atoms with Gasteiger partial charge in [0.15, 0.2) is 9.84 Å². The minimum absolute atomic E-state index is 0.0376. The molecule has 0 radical (unpaired) electrons. The monoisotopic (exact) mass is 291 g/mol. The predicted molar refractivity (Wildman–Crippen MR) is 72.2 cm³/mol. The molecule has 0 aromatic carbocycles. The fraction of sp³-hybridized carbons (Fsp3) is 0.750. The van der Waals surface area contributed by atoms with Crippen molar-refractivity contribution in [2.45, 2.75) is 31.7 Å². The first-order valence-electron chi connectivity index (χ1n) is 5.99. The van der Waals surface area contributed by atoms with Crippen molar-refractivity contribution in [3.05, 3.63) is 0 Å². The first kappa shape index (κ1) is 15.3. The van der Waals surface area contributed by atoms with Crippen LogP contribution in [0.25, 0.3) is 0 Å². The highest BCUT2D eigenvalue weighted by Crippen LogP contribution is 2.19. The second kappa shape index (κ2) is 7.01. The van der Waals surface area contributed by atoms with Crippen LogP contribution in [0.15, 0.2) is 0 Å². The van der Waals surface area contributed by atoms with Crippen molar-refractivity contribution in [3.63, 3.8) is 0 Å². The molecular weight excluding hydrogens is 274 g/mol. The van der Waals surface area contributed by atoms with Gasteiger partial charge in [0.25, 0.3) is 0 Å². The fourth-order valence-corrected chi connectivity index (χ4v) is 3.97. The van der Waals surface area contributed by atoms with E-state index in [9.17, 15) is 13.2 Å². The van der Waals surface area contributed by atoms with Gasteiger partial charge < -0.3 is 4.90 Å². The second-order valence-electron chi connectivity index (χ2n) is 4.43. The number of nitrogens with zero attached hydrogens (tertiary/aromatic N) is 1. The number of halogens is 1. The van der Waals surface area contributed by atoms with Crippen LogP contribution >= 0.6 is 11.6 Å². The van der Waals surface area contributed by atoms with Crippen LogP contribution in [-0.2, 0) is 14.6 Å². The van der Waals surface area contributed by atoms with Gasteiger partial charge in [-0.25, -0.2) is 8.42 Å². The highest BCUT2D eigenvalue weighted by molar-refractivity contribution is 7.91. The van der Waals surface area contributed by atoms with Gasteiger partial charge >= 0.3 is 0 Å². The van der Waals surface area contributed by atoms with Gasteiger partial charge in [0.05, 0.1) is 18.1 Å².